The van der Waals surface area contributed by atoms with Gasteiger partial charge in [0.25, 0.3) is 0 Å². The molecule has 3 aromatic rings. The number of nitrogens with zero attached hydrogens (tertiary/aromatic N) is 1. The zero-order valence-corrected chi connectivity index (χ0v) is 15.2. The summed E-state index contributed by atoms with van der Waals surface area (Å²) in [5.41, 5.74) is 5.86. The second-order valence-corrected chi connectivity index (χ2v) is 7.60. The van der Waals surface area contributed by atoms with Crippen LogP contribution in [-0.4, -0.2) is 20.2 Å². The number of hydrogen-bond donors (Lipinski definition) is 0. The van der Waals surface area contributed by atoms with Gasteiger partial charge in [0, 0.05) is 31.1 Å². The van der Waals surface area contributed by atoms with E-state index in [0.717, 1.165) is 17.5 Å². The van der Waals surface area contributed by atoms with E-state index < -0.39 is 0 Å². The maximum absolute atomic E-state index is 12.8. The van der Waals surface area contributed by atoms with Gasteiger partial charge >= 0.3 is 5.63 Å². The fraction of sp³-hybridized carbons (Fsp3) is 0.318. The van der Waals surface area contributed by atoms with Crippen molar-refractivity contribution in [3.63, 3.8) is 0 Å². The Balaban J connectivity index is 1.75. The molecule has 5 rings (SSSR count). The smallest absolute Gasteiger partial charge is 0.343 e. The Bertz CT molecular complexity index is 1100. The lowest BCUT2D eigenvalue weighted by molar-refractivity contribution is 0.232. The van der Waals surface area contributed by atoms with Crippen LogP contribution in [0.15, 0.2) is 45.6 Å². The molecule has 0 unspecified atom stereocenters. The van der Waals surface area contributed by atoms with Crippen LogP contribution in [0.1, 0.15) is 34.1 Å². The summed E-state index contributed by atoms with van der Waals surface area (Å²) in [7, 11) is 2.09. The molecule has 4 nitrogen and oxygen atoms in total. The van der Waals surface area contributed by atoms with Crippen LogP contribution in [-0.2, 0) is 0 Å². The van der Waals surface area contributed by atoms with Gasteiger partial charge < -0.3 is 14.1 Å². The lowest BCUT2D eigenvalue weighted by atomic mass is 9.76. The Morgan fingerprint density at radius 1 is 1.04 bits per heavy atom. The number of hydrogen-bond acceptors (Lipinski definition) is 4. The highest BCUT2D eigenvalue weighted by atomic mass is 16.5. The molecule has 132 valence electrons. The minimum absolute atomic E-state index is 0.0826. The van der Waals surface area contributed by atoms with Gasteiger partial charge in [0.1, 0.15) is 11.3 Å². The van der Waals surface area contributed by atoms with E-state index in [-0.39, 0.29) is 17.5 Å². The molecule has 0 radical (unpaired) electrons. The monoisotopic (exact) mass is 347 g/mol. The SMILES string of the molecule is Cc1ccc2c(c1)[C@H]1COc3c(c(=O)oc4ccc(C)cc34)[C@H]1CN2C. The molecule has 0 aliphatic carbocycles. The van der Waals surface area contributed by atoms with Gasteiger partial charge in [-0.15, -0.1) is 0 Å². The van der Waals surface area contributed by atoms with Gasteiger partial charge in [-0.1, -0.05) is 29.3 Å². The van der Waals surface area contributed by atoms with Crippen LogP contribution in [0.5, 0.6) is 5.75 Å². The maximum atomic E-state index is 12.8. The molecule has 2 aliphatic heterocycles. The van der Waals surface area contributed by atoms with Gasteiger partial charge in [-0.25, -0.2) is 4.79 Å². The second kappa shape index (κ2) is 5.37. The van der Waals surface area contributed by atoms with Crippen LogP contribution in [0.25, 0.3) is 11.0 Å². The van der Waals surface area contributed by atoms with Crippen molar-refractivity contribution >= 4 is 16.7 Å². The zero-order valence-electron chi connectivity index (χ0n) is 15.2. The van der Waals surface area contributed by atoms with Gasteiger partial charge in [-0.3, -0.25) is 0 Å². The summed E-state index contributed by atoms with van der Waals surface area (Å²) in [6, 6.07) is 12.4. The number of ether oxygens (including phenoxy) is 1. The van der Waals surface area contributed by atoms with Crippen molar-refractivity contribution in [2.45, 2.75) is 25.7 Å². The molecule has 0 N–H and O–H groups in total. The first-order valence-electron chi connectivity index (χ1n) is 9.05. The van der Waals surface area contributed by atoms with Crippen LogP contribution in [0.2, 0.25) is 0 Å². The molecule has 0 bridgehead atoms. The molecule has 0 spiro atoms. The van der Waals surface area contributed by atoms with Crippen molar-refractivity contribution in [1.29, 1.82) is 0 Å². The van der Waals surface area contributed by atoms with Gasteiger partial charge in [0.05, 0.1) is 17.6 Å². The Morgan fingerprint density at radius 3 is 2.65 bits per heavy atom. The highest BCUT2D eigenvalue weighted by Crippen LogP contribution is 2.49. The third-order valence-corrected chi connectivity index (χ3v) is 5.77. The highest BCUT2D eigenvalue weighted by molar-refractivity contribution is 5.86. The first-order chi connectivity index (χ1) is 12.5. The van der Waals surface area contributed by atoms with E-state index >= 15 is 0 Å². The normalized spacial score (nSPS) is 21.0. The highest BCUT2D eigenvalue weighted by Gasteiger charge is 2.41. The van der Waals surface area contributed by atoms with E-state index in [1.165, 1.54) is 16.8 Å². The quantitative estimate of drug-likeness (QED) is 0.574. The van der Waals surface area contributed by atoms with Crippen LogP contribution in [0.4, 0.5) is 5.69 Å². The van der Waals surface area contributed by atoms with E-state index in [1.807, 2.05) is 25.1 Å². The van der Waals surface area contributed by atoms with E-state index in [1.54, 1.807) is 0 Å². The van der Waals surface area contributed by atoms with Crippen molar-refractivity contribution in [2.24, 2.45) is 0 Å². The predicted octanol–water partition coefficient (Wildman–Crippen LogP) is 4.12. The van der Waals surface area contributed by atoms with E-state index in [2.05, 4.69) is 37.1 Å². The molecule has 0 saturated carbocycles. The lowest BCUT2D eigenvalue weighted by Crippen LogP contribution is -2.40. The fourth-order valence-electron chi connectivity index (χ4n) is 4.51. The molecule has 2 aromatic carbocycles. The molecule has 26 heavy (non-hydrogen) atoms. The van der Waals surface area contributed by atoms with E-state index in [4.69, 9.17) is 9.15 Å². The number of rotatable bonds is 0. The molecule has 2 atom stereocenters. The van der Waals surface area contributed by atoms with Gasteiger partial charge in [-0.05, 0) is 37.6 Å². The molecule has 3 heterocycles. The minimum atomic E-state index is -0.268. The first-order valence-corrected chi connectivity index (χ1v) is 9.05. The third kappa shape index (κ3) is 2.11. The number of anilines is 1. The predicted molar refractivity (Wildman–Crippen MR) is 103 cm³/mol. The van der Waals surface area contributed by atoms with Crippen LogP contribution >= 0.6 is 0 Å². The summed E-state index contributed by atoms with van der Waals surface area (Å²) < 4.78 is 11.9. The van der Waals surface area contributed by atoms with Crippen LogP contribution in [0.3, 0.4) is 0 Å². The van der Waals surface area contributed by atoms with Crippen molar-refractivity contribution in [3.05, 3.63) is 69.1 Å². The molecule has 0 amide bonds. The standard InChI is InChI=1S/C22H21NO3/c1-12-4-6-18-14(8-12)17-11-25-21-15-9-13(2)5-7-19(15)26-22(24)20(21)16(17)10-23(18)3/h4-9,16-17H,10-11H2,1-3H3/t16-,17+/m0/s1. The van der Waals surface area contributed by atoms with Crippen molar-refractivity contribution < 1.29 is 9.15 Å². The van der Waals surface area contributed by atoms with Gasteiger partial charge in [0.2, 0.25) is 0 Å². The zero-order chi connectivity index (χ0) is 18.0. The second-order valence-electron chi connectivity index (χ2n) is 7.60. The Kier molecular flexibility index (Phi) is 3.20. The van der Waals surface area contributed by atoms with Gasteiger partial charge in [0.15, 0.2) is 0 Å². The summed E-state index contributed by atoms with van der Waals surface area (Å²) in [4.78, 5) is 15.1. The summed E-state index contributed by atoms with van der Waals surface area (Å²) >= 11 is 0. The average molecular weight is 347 g/mol. The minimum Gasteiger partial charge on any atom is -0.492 e. The van der Waals surface area contributed by atoms with E-state index in [0.29, 0.717) is 23.5 Å². The van der Waals surface area contributed by atoms with Crippen LogP contribution < -0.4 is 15.3 Å². The number of benzene rings is 2. The number of fused-ring (bicyclic) bond motifs is 7. The molecule has 4 heteroatoms. The molecule has 1 aromatic heterocycles. The fourth-order valence-corrected chi connectivity index (χ4v) is 4.51. The largest absolute Gasteiger partial charge is 0.492 e. The van der Waals surface area contributed by atoms with Gasteiger partial charge in [-0.2, -0.15) is 0 Å². The number of aryl methyl sites for hydroxylation is 2. The molecule has 0 fully saturated rings. The summed E-state index contributed by atoms with van der Waals surface area (Å²) in [6.07, 6.45) is 0. The average Bonchev–Trinajstić information content (AvgIpc) is 2.62. The van der Waals surface area contributed by atoms with Crippen molar-refractivity contribution in [2.75, 3.05) is 25.1 Å². The van der Waals surface area contributed by atoms with Crippen molar-refractivity contribution in [1.82, 2.24) is 0 Å². The summed E-state index contributed by atoms with van der Waals surface area (Å²) in [5.74, 6) is 0.976. The molecular weight excluding hydrogens is 326 g/mol. The first kappa shape index (κ1) is 15.5. The third-order valence-electron chi connectivity index (χ3n) is 5.77. The van der Waals surface area contributed by atoms with E-state index in [9.17, 15) is 4.79 Å². The molecule has 2 aliphatic rings. The topological polar surface area (TPSA) is 42.7 Å². The van der Waals surface area contributed by atoms with Crippen LogP contribution in [0, 0.1) is 13.8 Å². The Labute approximate surface area is 152 Å². The lowest BCUT2D eigenvalue weighted by Gasteiger charge is -2.42. The maximum Gasteiger partial charge on any atom is 0.343 e. The summed E-state index contributed by atoms with van der Waals surface area (Å²) in [6.45, 7) is 5.52. The Hall–Kier alpha value is -2.75. The summed E-state index contributed by atoms with van der Waals surface area (Å²) in [5, 5.41) is 0.899. The Morgan fingerprint density at radius 2 is 1.81 bits per heavy atom. The molecule has 0 saturated heterocycles. The number of likely N-dealkylation sites (N-methyl/N-ethyl adjacent to an activating group) is 1. The van der Waals surface area contributed by atoms with Crippen molar-refractivity contribution in [3.8, 4) is 5.75 Å². The molecular formula is C22H21NO3.